The van der Waals surface area contributed by atoms with Crippen molar-refractivity contribution in [3.8, 4) is 5.75 Å². The van der Waals surface area contributed by atoms with Crippen LogP contribution in [-0.4, -0.2) is 49.9 Å². The molecule has 5 heteroatoms. The summed E-state index contributed by atoms with van der Waals surface area (Å²) in [4.78, 5) is 15.9. The summed E-state index contributed by atoms with van der Waals surface area (Å²) < 4.78 is 11.3. The van der Waals surface area contributed by atoms with Crippen LogP contribution in [0.1, 0.15) is 32.6 Å². The van der Waals surface area contributed by atoms with Crippen molar-refractivity contribution in [1.29, 1.82) is 0 Å². The summed E-state index contributed by atoms with van der Waals surface area (Å²) in [5.41, 5.74) is 1.03. The maximum atomic E-state index is 11.7. The van der Waals surface area contributed by atoms with E-state index in [0.717, 1.165) is 44.5 Å². The molecule has 2 heterocycles. The Morgan fingerprint density at radius 2 is 1.91 bits per heavy atom. The van der Waals surface area contributed by atoms with Crippen LogP contribution in [0.5, 0.6) is 5.75 Å². The molecule has 0 atom stereocenters. The molecule has 5 nitrogen and oxygen atoms in total. The quantitative estimate of drug-likeness (QED) is 0.839. The van der Waals surface area contributed by atoms with Crippen molar-refractivity contribution in [2.75, 3.05) is 38.2 Å². The molecule has 1 fully saturated rings. The molecule has 0 saturated carbocycles. The Kier molecular flexibility index (Phi) is 4.64. The third kappa shape index (κ3) is 3.23. The molecule has 1 spiro atoms. The number of amides is 1. The number of hydrogen-bond acceptors (Lipinski definition) is 4. The van der Waals surface area contributed by atoms with Crippen LogP contribution in [0, 0.1) is 0 Å². The molecular weight excluding hydrogens is 292 g/mol. The summed E-state index contributed by atoms with van der Waals surface area (Å²) in [6.07, 6.45) is 3.60. The zero-order valence-corrected chi connectivity index (χ0v) is 14.1. The first kappa shape index (κ1) is 16.0. The van der Waals surface area contributed by atoms with Crippen molar-refractivity contribution < 1.29 is 14.3 Å². The fraction of sp³-hybridized carbons (Fsp3) is 0.611. The van der Waals surface area contributed by atoms with Gasteiger partial charge in [-0.3, -0.25) is 0 Å². The van der Waals surface area contributed by atoms with Gasteiger partial charge in [-0.15, -0.1) is 0 Å². The van der Waals surface area contributed by atoms with E-state index in [4.69, 9.17) is 9.47 Å². The molecule has 0 bridgehead atoms. The number of anilines is 1. The SMILES string of the molecule is CCCN1CCC2(CCN(C(=O)OC)CC2)Oc2ccccc21. The van der Waals surface area contributed by atoms with E-state index in [1.54, 1.807) is 4.90 Å². The number of methoxy groups -OCH3 is 1. The van der Waals surface area contributed by atoms with Crippen LogP contribution in [0.4, 0.5) is 10.5 Å². The lowest BCUT2D eigenvalue weighted by molar-refractivity contribution is 0.00125. The highest BCUT2D eigenvalue weighted by atomic mass is 16.5. The van der Waals surface area contributed by atoms with Crippen LogP contribution in [0.3, 0.4) is 0 Å². The highest BCUT2D eigenvalue weighted by molar-refractivity contribution is 5.67. The van der Waals surface area contributed by atoms with Gasteiger partial charge in [0.25, 0.3) is 0 Å². The molecule has 0 N–H and O–H groups in total. The molecule has 1 aromatic carbocycles. The highest BCUT2D eigenvalue weighted by Crippen LogP contribution is 2.40. The van der Waals surface area contributed by atoms with Gasteiger partial charge in [0.2, 0.25) is 0 Å². The molecular formula is C18H26N2O3. The highest BCUT2D eigenvalue weighted by Gasteiger charge is 2.40. The monoisotopic (exact) mass is 318 g/mol. The Bertz CT molecular complexity index is 553. The summed E-state index contributed by atoms with van der Waals surface area (Å²) in [5.74, 6) is 0.977. The van der Waals surface area contributed by atoms with Gasteiger partial charge in [0, 0.05) is 45.4 Å². The number of carbonyl (C=O) groups excluding carboxylic acids is 1. The summed E-state index contributed by atoms with van der Waals surface area (Å²) in [7, 11) is 1.44. The number of fused-ring (bicyclic) bond motifs is 1. The summed E-state index contributed by atoms with van der Waals surface area (Å²) in [6, 6.07) is 8.32. The summed E-state index contributed by atoms with van der Waals surface area (Å²) >= 11 is 0. The van der Waals surface area contributed by atoms with E-state index in [-0.39, 0.29) is 11.7 Å². The number of piperidine rings is 1. The largest absolute Gasteiger partial charge is 0.485 e. The van der Waals surface area contributed by atoms with Crippen molar-refractivity contribution in [3.05, 3.63) is 24.3 Å². The fourth-order valence-corrected chi connectivity index (χ4v) is 3.63. The lowest BCUT2D eigenvalue weighted by Gasteiger charge is -2.40. The van der Waals surface area contributed by atoms with Gasteiger partial charge in [-0.1, -0.05) is 19.1 Å². The average Bonchev–Trinajstić information content (AvgIpc) is 2.73. The van der Waals surface area contributed by atoms with Gasteiger partial charge in [0.15, 0.2) is 0 Å². The molecule has 3 rings (SSSR count). The fourth-order valence-electron chi connectivity index (χ4n) is 3.63. The number of hydrogen-bond donors (Lipinski definition) is 0. The smallest absolute Gasteiger partial charge is 0.409 e. The van der Waals surface area contributed by atoms with Gasteiger partial charge < -0.3 is 19.3 Å². The number of para-hydroxylation sites is 2. The second kappa shape index (κ2) is 6.69. The molecule has 2 aliphatic heterocycles. The molecule has 0 aliphatic carbocycles. The molecule has 2 aliphatic rings. The van der Waals surface area contributed by atoms with E-state index in [1.165, 1.54) is 12.8 Å². The number of nitrogens with zero attached hydrogens (tertiary/aromatic N) is 2. The van der Waals surface area contributed by atoms with Crippen molar-refractivity contribution in [3.63, 3.8) is 0 Å². The summed E-state index contributed by atoms with van der Waals surface area (Å²) in [5, 5.41) is 0. The topological polar surface area (TPSA) is 42.0 Å². The van der Waals surface area contributed by atoms with Gasteiger partial charge in [-0.2, -0.15) is 0 Å². The van der Waals surface area contributed by atoms with Crippen LogP contribution >= 0.6 is 0 Å². The minimum absolute atomic E-state index is 0.164. The summed E-state index contributed by atoms with van der Waals surface area (Å²) in [6.45, 7) is 5.65. The lowest BCUT2D eigenvalue weighted by atomic mass is 9.88. The Labute approximate surface area is 138 Å². The minimum atomic E-state index is -0.235. The number of carbonyl (C=O) groups is 1. The Morgan fingerprint density at radius 3 is 2.61 bits per heavy atom. The maximum Gasteiger partial charge on any atom is 0.409 e. The molecule has 126 valence electrons. The van der Waals surface area contributed by atoms with E-state index < -0.39 is 0 Å². The van der Waals surface area contributed by atoms with E-state index in [1.807, 2.05) is 6.07 Å². The van der Waals surface area contributed by atoms with Gasteiger partial charge in [-0.05, 0) is 18.6 Å². The van der Waals surface area contributed by atoms with Crippen LogP contribution < -0.4 is 9.64 Å². The number of rotatable bonds is 2. The zero-order chi connectivity index (χ0) is 16.3. The van der Waals surface area contributed by atoms with Gasteiger partial charge >= 0.3 is 6.09 Å². The van der Waals surface area contributed by atoms with Gasteiger partial charge in [-0.25, -0.2) is 4.79 Å². The van der Waals surface area contributed by atoms with Gasteiger partial charge in [0.1, 0.15) is 11.4 Å². The van der Waals surface area contributed by atoms with E-state index in [9.17, 15) is 4.79 Å². The maximum absolute atomic E-state index is 11.7. The Balaban J connectivity index is 1.78. The van der Waals surface area contributed by atoms with Crippen molar-refractivity contribution in [1.82, 2.24) is 4.90 Å². The standard InChI is InChI=1S/C18H26N2O3/c1-3-11-19-12-8-18(23-16-7-5-4-6-15(16)19)9-13-20(14-10-18)17(21)22-2/h4-7H,3,8-14H2,1-2H3. The third-order valence-electron chi connectivity index (χ3n) is 4.97. The van der Waals surface area contributed by atoms with Crippen LogP contribution in [0.15, 0.2) is 24.3 Å². The van der Waals surface area contributed by atoms with Gasteiger partial charge in [0.05, 0.1) is 12.8 Å². The molecule has 0 unspecified atom stereocenters. The minimum Gasteiger partial charge on any atom is -0.485 e. The van der Waals surface area contributed by atoms with Crippen molar-refractivity contribution >= 4 is 11.8 Å². The van der Waals surface area contributed by atoms with Crippen LogP contribution in [-0.2, 0) is 4.74 Å². The predicted molar refractivity (Wildman–Crippen MR) is 90.1 cm³/mol. The van der Waals surface area contributed by atoms with Crippen molar-refractivity contribution in [2.24, 2.45) is 0 Å². The average molecular weight is 318 g/mol. The molecule has 0 radical (unpaired) electrons. The van der Waals surface area contributed by atoms with Crippen LogP contribution in [0.25, 0.3) is 0 Å². The van der Waals surface area contributed by atoms with E-state index in [2.05, 4.69) is 30.0 Å². The van der Waals surface area contributed by atoms with Crippen LogP contribution in [0.2, 0.25) is 0 Å². The van der Waals surface area contributed by atoms with E-state index >= 15 is 0 Å². The lowest BCUT2D eigenvalue weighted by Crippen LogP contribution is -2.50. The normalized spacial score (nSPS) is 19.7. The number of benzene rings is 1. The Hall–Kier alpha value is -1.91. The zero-order valence-electron chi connectivity index (χ0n) is 14.1. The van der Waals surface area contributed by atoms with Crippen molar-refractivity contribution in [2.45, 2.75) is 38.2 Å². The molecule has 23 heavy (non-hydrogen) atoms. The first-order valence-corrected chi connectivity index (χ1v) is 8.53. The second-order valence-electron chi connectivity index (χ2n) is 6.45. The number of likely N-dealkylation sites (tertiary alicyclic amines) is 1. The molecule has 1 saturated heterocycles. The molecule has 0 aromatic heterocycles. The van der Waals surface area contributed by atoms with E-state index in [0.29, 0.717) is 13.1 Å². The predicted octanol–water partition coefficient (Wildman–Crippen LogP) is 3.29. The first-order valence-electron chi connectivity index (χ1n) is 8.53. The molecule has 1 aromatic rings. The first-order chi connectivity index (χ1) is 11.2. The second-order valence-corrected chi connectivity index (χ2v) is 6.45. The third-order valence-corrected chi connectivity index (χ3v) is 4.97. The molecule has 1 amide bonds. The number of ether oxygens (including phenoxy) is 2. The Morgan fingerprint density at radius 1 is 1.22 bits per heavy atom.